The van der Waals surface area contributed by atoms with Crippen LogP contribution in [-0.2, 0) is 16.9 Å². The van der Waals surface area contributed by atoms with Crippen molar-refractivity contribution >= 4 is 11.9 Å². The van der Waals surface area contributed by atoms with Crippen LogP contribution < -0.4 is 15.4 Å². The maximum atomic E-state index is 12.4. The third-order valence-electron chi connectivity index (χ3n) is 5.03. The largest absolute Gasteiger partial charge is 0.493 e. The van der Waals surface area contributed by atoms with E-state index < -0.39 is 11.6 Å². The molecule has 3 heterocycles. The minimum absolute atomic E-state index is 0.276. The summed E-state index contributed by atoms with van der Waals surface area (Å²) in [5, 5.41) is 5.18. The molecule has 2 saturated heterocycles. The van der Waals surface area contributed by atoms with E-state index in [0.717, 1.165) is 30.8 Å². The number of benzene rings is 1. The van der Waals surface area contributed by atoms with Crippen molar-refractivity contribution in [3.8, 4) is 5.75 Å². The molecule has 2 fully saturated rings. The Labute approximate surface area is 135 Å². The van der Waals surface area contributed by atoms with Crippen LogP contribution >= 0.6 is 0 Å². The van der Waals surface area contributed by atoms with Gasteiger partial charge in [-0.3, -0.25) is 15.0 Å². The SMILES string of the molecule is O=C1NC(=O)C2(CCOc3ccc(CN4CCCCC4)cc32)N1. The van der Waals surface area contributed by atoms with Crippen LogP contribution in [0.25, 0.3) is 0 Å². The van der Waals surface area contributed by atoms with Crippen LogP contribution in [-0.4, -0.2) is 36.5 Å². The van der Waals surface area contributed by atoms with Gasteiger partial charge in [-0.25, -0.2) is 4.79 Å². The monoisotopic (exact) mass is 315 g/mol. The number of fused-ring (bicyclic) bond motifs is 2. The summed E-state index contributed by atoms with van der Waals surface area (Å²) in [6.45, 7) is 3.54. The highest BCUT2D eigenvalue weighted by Crippen LogP contribution is 2.39. The second-order valence-electron chi connectivity index (χ2n) is 6.58. The lowest BCUT2D eigenvalue weighted by atomic mass is 9.83. The second kappa shape index (κ2) is 5.53. The smallest absolute Gasteiger partial charge is 0.322 e. The molecule has 3 amide bonds. The highest BCUT2D eigenvalue weighted by Gasteiger charge is 2.50. The van der Waals surface area contributed by atoms with Crippen molar-refractivity contribution in [3.05, 3.63) is 29.3 Å². The molecule has 3 aliphatic heterocycles. The molecular formula is C17H21N3O3. The summed E-state index contributed by atoms with van der Waals surface area (Å²) in [5.74, 6) is 0.415. The summed E-state index contributed by atoms with van der Waals surface area (Å²) in [5.41, 5.74) is 0.967. The lowest BCUT2D eigenvalue weighted by Gasteiger charge is -2.33. The van der Waals surface area contributed by atoms with Gasteiger partial charge in [0.1, 0.15) is 5.75 Å². The number of likely N-dealkylation sites (tertiary alicyclic amines) is 1. The van der Waals surface area contributed by atoms with E-state index in [1.807, 2.05) is 12.1 Å². The van der Waals surface area contributed by atoms with Crippen LogP contribution in [0.15, 0.2) is 18.2 Å². The number of urea groups is 1. The van der Waals surface area contributed by atoms with Crippen molar-refractivity contribution in [2.75, 3.05) is 19.7 Å². The summed E-state index contributed by atoms with van der Waals surface area (Å²) >= 11 is 0. The number of rotatable bonds is 2. The molecular weight excluding hydrogens is 294 g/mol. The van der Waals surface area contributed by atoms with E-state index in [1.165, 1.54) is 19.3 Å². The van der Waals surface area contributed by atoms with Gasteiger partial charge in [-0.2, -0.15) is 0 Å². The first kappa shape index (κ1) is 14.5. The Morgan fingerprint density at radius 1 is 1.17 bits per heavy atom. The summed E-state index contributed by atoms with van der Waals surface area (Å²) in [4.78, 5) is 26.5. The minimum atomic E-state index is -0.970. The zero-order valence-electron chi connectivity index (χ0n) is 13.1. The maximum Gasteiger partial charge on any atom is 0.322 e. The van der Waals surface area contributed by atoms with Gasteiger partial charge in [-0.05, 0) is 43.6 Å². The van der Waals surface area contributed by atoms with Crippen LogP contribution in [0.3, 0.4) is 0 Å². The van der Waals surface area contributed by atoms with Crippen LogP contribution in [0, 0.1) is 0 Å². The van der Waals surface area contributed by atoms with Gasteiger partial charge in [0.2, 0.25) is 0 Å². The Balaban J connectivity index is 1.66. The molecule has 122 valence electrons. The van der Waals surface area contributed by atoms with Crippen LogP contribution in [0.4, 0.5) is 4.79 Å². The van der Waals surface area contributed by atoms with Gasteiger partial charge in [0.05, 0.1) is 6.61 Å². The van der Waals surface area contributed by atoms with Gasteiger partial charge in [0.25, 0.3) is 5.91 Å². The molecule has 1 aromatic rings. The number of amides is 3. The molecule has 3 aliphatic rings. The van der Waals surface area contributed by atoms with Crippen molar-refractivity contribution in [1.82, 2.24) is 15.5 Å². The highest BCUT2D eigenvalue weighted by molar-refractivity contribution is 6.07. The van der Waals surface area contributed by atoms with Crippen molar-refractivity contribution in [1.29, 1.82) is 0 Å². The van der Waals surface area contributed by atoms with Crippen LogP contribution in [0.2, 0.25) is 0 Å². The first-order valence-electron chi connectivity index (χ1n) is 8.29. The van der Waals surface area contributed by atoms with E-state index in [0.29, 0.717) is 18.8 Å². The number of hydrogen-bond acceptors (Lipinski definition) is 4. The van der Waals surface area contributed by atoms with E-state index in [1.54, 1.807) is 0 Å². The molecule has 0 bridgehead atoms. The number of nitrogens with zero attached hydrogens (tertiary/aromatic N) is 1. The standard InChI is InChI=1S/C17H21N3O3/c21-15-17(19-16(22)18-15)6-9-23-14-5-4-12(10-13(14)17)11-20-7-2-1-3-8-20/h4-5,10H,1-3,6-9,11H2,(H2,18,19,21,22). The lowest BCUT2D eigenvalue weighted by molar-refractivity contribution is -0.125. The molecule has 2 N–H and O–H groups in total. The summed E-state index contributed by atoms with van der Waals surface area (Å²) in [7, 11) is 0. The molecule has 6 nitrogen and oxygen atoms in total. The number of imide groups is 1. The van der Waals surface area contributed by atoms with Gasteiger partial charge >= 0.3 is 6.03 Å². The van der Waals surface area contributed by atoms with E-state index in [-0.39, 0.29) is 5.91 Å². The van der Waals surface area contributed by atoms with E-state index >= 15 is 0 Å². The van der Waals surface area contributed by atoms with Crippen molar-refractivity contribution in [2.24, 2.45) is 0 Å². The number of piperidine rings is 1. The number of ether oxygens (including phenoxy) is 1. The molecule has 1 spiro atoms. The first-order valence-corrected chi connectivity index (χ1v) is 8.29. The topological polar surface area (TPSA) is 70.7 Å². The van der Waals surface area contributed by atoms with Gasteiger partial charge in [0, 0.05) is 18.5 Å². The molecule has 0 aromatic heterocycles. The quantitative estimate of drug-likeness (QED) is 0.811. The average molecular weight is 315 g/mol. The van der Waals surface area contributed by atoms with Gasteiger partial charge < -0.3 is 10.1 Å². The Kier molecular flexibility index (Phi) is 3.49. The summed E-state index contributed by atoms with van der Waals surface area (Å²) in [6, 6.07) is 5.58. The Morgan fingerprint density at radius 2 is 2.00 bits per heavy atom. The summed E-state index contributed by atoms with van der Waals surface area (Å²) in [6.07, 6.45) is 4.27. The Bertz CT molecular complexity index is 654. The van der Waals surface area contributed by atoms with Gasteiger partial charge in [0.15, 0.2) is 5.54 Å². The van der Waals surface area contributed by atoms with E-state index in [2.05, 4.69) is 21.6 Å². The fourth-order valence-corrected chi connectivity index (χ4v) is 3.82. The normalized spacial score (nSPS) is 27.3. The third kappa shape index (κ3) is 2.47. The predicted octanol–water partition coefficient (Wildman–Crippen LogP) is 1.49. The fraction of sp³-hybridized carbons (Fsp3) is 0.529. The first-order chi connectivity index (χ1) is 11.2. The Morgan fingerprint density at radius 3 is 2.74 bits per heavy atom. The zero-order chi connectivity index (χ0) is 15.9. The lowest BCUT2D eigenvalue weighted by Crippen LogP contribution is -2.47. The van der Waals surface area contributed by atoms with Crippen molar-refractivity contribution < 1.29 is 14.3 Å². The van der Waals surface area contributed by atoms with Crippen molar-refractivity contribution in [3.63, 3.8) is 0 Å². The van der Waals surface area contributed by atoms with Gasteiger partial charge in [-0.15, -0.1) is 0 Å². The minimum Gasteiger partial charge on any atom is -0.493 e. The number of nitrogens with one attached hydrogen (secondary N) is 2. The van der Waals surface area contributed by atoms with Crippen LogP contribution in [0.1, 0.15) is 36.8 Å². The molecule has 23 heavy (non-hydrogen) atoms. The molecule has 0 aliphatic carbocycles. The molecule has 0 saturated carbocycles. The molecule has 0 radical (unpaired) electrons. The molecule has 6 heteroatoms. The molecule has 1 unspecified atom stereocenters. The predicted molar refractivity (Wildman–Crippen MR) is 84.0 cm³/mol. The average Bonchev–Trinajstić information content (AvgIpc) is 2.84. The maximum absolute atomic E-state index is 12.4. The van der Waals surface area contributed by atoms with Gasteiger partial charge in [-0.1, -0.05) is 12.5 Å². The van der Waals surface area contributed by atoms with Crippen molar-refractivity contribution in [2.45, 2.75) is 37.8 Å². The molecule has 4 rings (SSSR count). The highest BCUT2D eigenvalue weighted by atomic mass is 16.5. The van der Waals surface area contributed by atoms with E-state index in [9.17, 15) is 9.59 Å². The third-order valence-corrected chi connectivity index (χ3v) is 5.03. The Hall–Kier alpha value is -2.08. The fourth-order valence-electron chi connectivity index (χ4n) is 3.82. The number of carbonyl (C=O) groups is 2. The van der Waals surface area contributed by atoms with E-state index in [4.69, 9.17) is 4.74 Å². The second-order valence-corrected chi connectivity index (χ2v) is 6.58. The van der Waals surface area contributed by atoms with Crippen LogP contribution in [0.5, 0.6) is 5.75 Å². The molecule has 1 aromatic carbocycles. The number of carbonyl (C=O) groups excluding carboxylic acids is 2. The summed E-state index contributed by atoms with van der Waals surface area (Å²) < 4.78 is 5.69. The molecule has 1 atom stereocenters. The number of hydrogen-bond donors (Lipinski definition) is 2. The zero-order valence-corrected chi connectivity index (χ0v) is 13.1.